The third-order valence-electron chi connectivity index (χ3n) is 8.30. The fourth-order valence-electron chi connectivity index (χ4n) is 5.19. The number of aromatic nitrogens is 3. The molecule has 0 saturated heterocycles. The van der Waals surface area contributed by atoms with E-state index in [1.54, 1.807) is 19.1 Å². The number of pyridine rings is 1. The number of sulfonamides is 1. The van der Waals surface area contributed by atoms with E-state index in [9.17, 15) is 31.2 Å². The summed E-state index contributed by atoms with van der Waals surface area (Å²) in [5.41, 5.74) is 6.32. The number of hydrogen-bond donors (Lipinski definition) is 3. The van der Waals surface area contributed by atoms with Crippen LogP contribution in [-0.4, -0.2) is 69.2 Å². The van der Waals surface area contributed by atoms with E-state index in [0.717, 1.165) is 18.9 Å². The van der Waals surface area contributed by atoms with E-state index >= 15 is 0 Å². The number of amides is 1. The number of halogens is 3. The minimum atomic E-state index is -5.12. The molecule has 1 amide bonds. The van der Waals surface area contributed by atoms with Crippen molar-refractivity contribution in [2.24, 2.45) is 5.73 Å². The van der Waals surface area contributed by atoms with E-state index in [4.69, 9.17) is 19.9 Å². The molecule has 14 nitrogen and oxygen atoms in total. The highest BCUT2D eigenvalue weighted by atomic mass is 32.2. The van der Waals surface area contributed by atoms with E-state index in [1.165, 1.54) is 60.5 Å². The number of nitrogens with zero attached hydrogens (tertiary/aromatic N) is 3. The van der Waals surface area contributed by atoms with Crippen LogP contribution in [0.2, 0.25) is 25.7 Å². The van der Waals surface area contributed by atoms with Gasteiger partial charge in [0.05, 0.1) is 25.6 Å². The summed E-state index contributed by atoms with van der Waals surface area (Å²) in [5.74, 6) is -4.62. The van der Waals surface area contributed by atoms with Crippen molar-refractivity contribution in [3.8, 4) is 22.8 Å². The maximum absolute atomic E-state index is 13.6. The van der Waals surface area contributed by atoms with Crippen molar-refractivity contribution >= 4 is 47.3 Å². The number of carbonyl (C=O) groups is 2. The Hall–Kier alpha value is -5.14. The third kappa shape index (κ3) is 12.7. The second-order valence-electron chi connectivity index (χ2n) is 14.0. The molecule has 4 N–H and O–H groups in total. The number of nitrogens with two attached hydrogens (primary N) is 1. The molecule has 0 aliphatic rings. The number of nitrogens with one attached hydrogen (secondary N) is 2. The van der Waals surface area contributed by atoms with Crippen molar-refractivity contribution in [1.82, 2.24) is 14.8 Å². The van der Waals surface area contributed by atoms with Crippen LogP contribution in [0.5, 0.6) is 11.5 Å². The Balaban J connectivity index is 1.68. The number of benzene rings is 2. The molecule has 2 heterocycles. The van der Waals surface area contributed by atoms with E-state index in [2.05, 4.69) is 39.8 Å². The Morgan fingerprint density at radius 1 is 1.00 bits per heavy atom. The summed E-state index contributed by atoms with van der Waals surface area (Å²) in [4.78, 5) is 28.9. The Morgan fingerprint density at radius 2 is 1.73 bits per heavy atom. The molecule has 1 unspecified atom stereocenters. The van der Waals surface area contributed by atoms with Crippen LogP contribution < -0.4 is 25.2 Å². The van der Waals surface area contributed by atoms with Crippen LogP contribution in [0.25, 0.3) is 11.3 Å². The number of primary amides is 1. The SMILES string of the molecule is COC(=O)CCCCCOc1ccc(Nc2c(C(N)=O)c(-c3ccc(NS(=O)(=O)C(F)F)c(OC(C)c4ccc(F)cc4)c3)nn2COCC[Si](C)(C)C)nc1. The highest BCUT2D eigenvalue weighted by Crippen LogP contribution is 2.38. The second kappa shape index (κ2) is 19.6. The van der Waals surface area contributed by atoms with Gasteiger partial charge in [0, 0.05) is 26.7 Å². The number of ether oxygens (including phenoxy) is 4. The molecule has 0 fully saturated rings. The molecule has 0 radical (unpaired) electrons. The number of rotatable bonds is 22. The minimum Gasteiger partial charge on any atom is -0.492 e. The molecule has 4 aromatic rings. The first-order valence-electron chi connectivity index (χ1n) is 17.7. The van der Waals surface area contributed by atoms with E-state index in [1.807, 2.05) is 4.72 Å². The number of carbonyl (C=O) groups excluding carboxylic acids is 2. The van der Waals surface area contributed by atoms with E-state index < -0.39 is 41.7 Å². The van der Waals surface area contributed by atoms with Gasteiger partial charge in [0.2, 0.25) is 0 Å². The molecule has 4 rings (SSSR count). The number of anilines is 3. The van der Waals surface area contributed by atoms with Crippen molar-refractivity contribution in [2.45, 2.75) is 76.9 Å². The van der Waals surface area contributed by atoms with Crippen molar-refractivity contribution in [3.05, 3.63) is 77.7 Å². The number of methoxy groups -OCH3 is 1. The molecule has 1 atom stereocenters. The molecule has 0 aliphatic carbocycles. The normalized spacial score (nSPS) is 12.3. The zero-order valence-electron chi connectivity index (χ0n) is 31.8. The molecular weight excluding hydrogens is 774 g/mol. The Kier molecular flexibility index (Phi) is 15.3. The average Bonchev–Trinajstić information content (AvgIpc) is 3.50. The van der Waals surface area contributed by atoms with Crippen LogP contribution in [0.1, 0.15) is 54.6 Å². The molecule has 0 aliphatic heterocycles. The van der Waals surface area contributed by atoms with E-state index in [-0.39, 0.29) is 46.8 Å². The summed E-state index contributed by atoms with van der Waals surface area (Å²) in [7, 11) is -5.23. The van der Waals surface area contributed by atoms with Gasteiger partial charge >= 0.3 is 11.7 Å². The summed E-state index contributed by atoms with van der Waals surface area (Å²) in [6, 6.07) is 13.4. The van der Waals surface area contributed by atoms with Crippen LogP contribution in [0, 0.1) is 5.82 Å². The molecule has 19 heteroatoms. The highest BCUT2D eigenvalue weighted by molar-refractivity contribution is 7.93. The molecule has 2 aromatic carbocycles. The van der Waals surface area contributed by atoms with Crippen LogP contribution in [0.4, 0.5) is 30.5 Å². The van der Waals surface area contributed by atoms with Crippen molar-refractivity contribution in [2.75, 3.05) is 30.4 Å². The fraction of sp³-hybridized carbons (Fsp3) is 0.405. The monoisotopic (exact) mass is 820 g/mol. The van der Waals surface area contributed by atoms with Gasteiger partial charge in [0.1, 0.15) is 53.0 Å². The lowest BCUT2D eigenvalue weighted by molar-refractivity contribution is -0.140. The zero-order chi connectivity index (χ0) is 41.0. The predicted octanol–water partition coefficient (Wildman–Crippen LogP) is 7.46. The Labute approximate surface area is 324 Å². The predicted molar refractivity (Wildman–Crippen MR) is 208 cm³/mol. The summed E-state index contributed by atoms with van der Waals surface area (Å²) < 4.78 is 90.6. The molecule has 0 bridgehead atoms. The topological polar surface area (TPSA) is 186 Å². The van der Waals surface area contributed by atoms with Gasteiger partial charge in [-0.15, -0.1) is 0 Å². The van der Waals surface area contributed by atoms with Crippen LogP contribution in [0.15, 0.2) is 60.8 Å². The van der Waals surface area contributed by atoms with Crippen molar-refractivity contribution < 1.29 is 50.1 Å². The maximum Gasteiger partial charge on any atom is 0.355 e. The Morgan fingerprint density at radius 3 is 2.36 bits per heavy atom. The smallest absolute Gasteiger partial charge is 0.355 e. The number of alkyl halides is 2. The van der Waals surface area contributed by atoms with Gasteiger partial charge in [-0.05, 0) is 74.2 Å². The van der Waals surface area contributed by atoms with Gasteiger partial charge in [0.15, 0.2) is 0 Å². The molecule has 304 valence electrons. The molecule has 0 spiro atoms. The summed E-state index contributed by atoms with van der Waals surface area (Å²) >= 11 is 0. The van der Waals surface area contributed by atoms with Gasteiger partial charge in [-0.1, -0.05) is 37.8 Å². The largest absolute Gasteiger partial charge is 0.492 e. The van der Waals surface area contributed by atoms with Gasteiger partial charge in [-0.3, -0.25) is 14.3 Å². The van der Waals surface area contributed by atoms with Crippen LogP contribution >= 0.6 is 0 Å². The minimum absolute atomic E-state index is 0.0449. The first-order chi connectivity index (χ1) is 26.5. The lowest BCUT2D eigenvalue weighted by Gasteiger charge is -2.19. The summed E-state index contributed by atoms with van der Waals surface area (Å²) in [6.45, 7) is 8.93. The van der Waals surface area contributed by atoms with Gasteiger partial charge in [0.25, 0.3) is 15.9 Å². The van der Waals surface area contributed by atoms with E-state index in [0.29, 0.717) is 43.2 Å². The average molecular weight is 821 g/mol. The standard InChI is InChI=1S/C37H47F3N6O8SSi/c1-24(25-10-13-27(38)14-11-25)54-30-21-26(12-16-29(30)45-55(49,50)37(39)40)34-33(35(41)48)36(46(44-34)23-52-19-20-56(3,4)5)43-31-17-15-28(22-42-31)53-18-8-6-7-9-32(47)51-2/h10-17,21-22,24,37,45H,6-9,18-20,23H2,1-5H3,(H2,41,48)(H,42,43). The van der Waals surface area contributed by atoms with Crippen LogP contribution in [0.3, 0.4) is 0 Å². The molecular formula is C37H47F3N6O8SSi. The molecule has 0 saturated carbocycles. The van der Waals surface area contributed by atoms with Crippen LogP contribution in [-0.2, 0) is 31.0 Å². The summed E-state index contributed by atoms with van der Waals surface area (Å²) in [5, 5.41) is 7.76. The van der Waals surface area contributed by atoms with Crippen molar-refractivity contribution in [3.63, 3.8) is 0 Å². The fourth-order valence-corrected chi connectivity index (χ4v) is 6.51. The third-order valence-corrected chi connectivity index (χ3v) is 11.0. The first-order valence-corrected chi connectivity index (χ1v) is 23.0. The maximum atomic E-state index is 13.6. The number of esters is 1. The molecule has 56 heavy (non-hydrogen) atoms. The quantitative estimate of drug-likeness (QED) is 0.0406. The van der Waals surface area contributed by atoms with Gasteiger partial charge < -0.3 is 30.0 Å². The highest BCUT2D eigenvalue weighted by Gasteiger charge is 2.28. The van der Waals surface area contributed by atoms with Gasteiger partial charge in [-0.2, -0.15) is 13.9 Å². The van der Waals surface area contributed by atoms with Crippen molar-refractivity contribution in [1.29, 1.82) is 0 Å². The number of hydrogen-bond acceptors (Lipinski definition) is 11. The lowest BCUT2D eigenvalue weighted by atomic mass is 10.1. The zero-order valence-corrected chi connectivity index (χ0v) is 33.6. The first kappa shape index (κ1) is 43.6. The second-order valence-corrected chi connectivity index (χ2v) is 21.2. The van der Waals surface area contributed by atoms with Gasteiger partial charge in [-0.25, -0.2) is 22.5 Å². The lowest BCUT2D eigenvalue weighted by Crippen LogP contribution is -2.22. The molecule has 2 aromatic heterocycles. The summed E-state index contributed by atoms with van der Waals surface area (Å²) in [6.07, 6.45) is 3.21. The Bertz CT molecular complexity index is 2050. The number of unbranched alkanes of at least 4 members (excludes halogenated alkanes) is 2.